The number of hydrogen-bond donors (Lipinski definition) is 1. The predicted molar refractivity (Wildman–Crippen MR) is 64.9 cm³/mol. The highest BCUT2D eigenvalue weighted by Gasteiger charge is 2.09. The van der Waals surface area contributed by atoms with Crippen LogP contribution in [-0.4, -0.2) is 24.9 Å². The van der Waals surface area contributed by atoms with Gasteiger partial charge in [0, 0.05) is 19.8 Å². The maximum Gasteiger partial charge on any atom is 0.0469 e. The molecule has 0 amide bonds. The van der Waals surface area contributed by atoms with Crippen LogP contribution in [-0.2, 0) is 4.74 Å². The van der Waals surface area contributed by atoms with Crippen LogP contribution in [0.15, 0.2) is 0 Å². The molecule has 2 heteroatoms. The third-order valence-corrected chi connectivity index (χ3v) is 2.57. The van der Waals surface area contributed by atoms with Gasteiger partial charge in [0.15, 0.2) is 0 Å². The van der Waals surface area contributed by atoms with E-state index in [9.17, 15) is 0 Å². The standard InChI is InChI=1S/C13H28O2/c1-11(2)5-7-15-8-6-13(10-14)9-12(3)4/h11-14H,5-10H2,1-4H3. The fourth-order valence-corrected chi connectivity index (χ4v) is 1.62. The topological polar surface area (TPSA) is 29.5 Å². The number of aliphatic hydroxyl groups is 1. The molecule has 92 valence electrons. The summed E-state index contributed by atoms with van der Waals surface area (Å²) < 4.78 is 5.55. The van der Waals surface area contributed by atoms with E-state index in [2.05, 4.69) is 27.7 Å². The summed E-state index contributed by atoms with van der Waals surface area (Å²) in [6.45, 7) is 10.8. The lowest BCUT2D eigenvalue weighted by Gasteiger charge is -2.16. The molecule has 1 unspecified atom stereocenters. The number of aliphatic hydroxyl groups excluding tert-OH is 1. The van der Waals surface area contributed by atoms with Crippen molar-refractivity contribution in [2.75, 3.05) is 19.8 Å². The summed E-state index contributed by atoms with van der Waals surface area (Å²) >= 11 is 0. The molecule has 0 heterocycles. The molecular formula is C13H28O2. The smallest absolute Gasteiger partial charge is 0.0469 e. The SMILES string of the molecule is CC(C)CCOCCC(CO)CC(C)C. The minimum absolute atomic E-state index is 0.297. The van der Waals surface area contributed by atoms with Crippen LogP contribution in [0.2, 0.25) is 0 Å². The number of rotatable bonds is 9. The molecule has 0 bridgehead atoms. The van der Waals surface area contributed by atoms with Crippen molar-refractivity contribution in [3.63, 3.8) is 0 Å². The van der Waals surface area contributed by atoms with Gasteiger partial charge in [-0.3, -0.25) is 0 Å². The van der Waals surface area contributed by atoms with Crippen molar-refractivity contribution in [3.05, 3.63) is 0 Å². The third kappa shape index (κ3) is 10.2. The van der Waals surface area contributed by atoms with Crippen molar-refractivity contribution in [3.8, 4) is 0 Å². The molecular weight excluding hydrogens is 188 g/mol. The van der Waals surface area contributed by atoms with Gasteiger partial charge in [-0.1, -0.05) is 27.7 Å². The molecule has 1 N–H and O–H groups in total. The summed E-state index contributed by atoms with van der Waals surface area (Å²) in [4.78, 5) is 0. The summed E-state index contributed by atoms with van der Waals surface area (Å²) in [7, 11) is 0. The van der Waals surface area contributed by atoms with Crippen LogP contribution in [0, 0.1) is 17.8 Å². The quantitative estimate of drug-likeness (QED) is 0.600. The van der Waals surface area contributed by atoms with Gasteiger partial charge in [-0.25, -0.2) is 0 Å². The number of ether oxygens (including phenoxy) is 1. The van der Waals surface area contributed by atoms with E-state index >= 15 is 0 Å². The first-order chi connectivity index (χ1) is 7.06. The largest absolute Gasteiger partial charge is 0.396 e. The summed E-state index contributed by atoms with van der Waals surface area (Å²) in [5, 5.41) is 9.16. The molecule has 0 aromatic carbocycles. The monoisotopic (exact) mass is 216 g/mol. The Morgan fingerprint density at radius 2 is 1.53 bits per heavy atom. The van der Waals surface area contributed by atoms with Gasteiger partial charge in [-0.2, -0.15) is 0 Å². The second kappa shape index (κ2) is 9.17. The molecule has 0 aliphatic rings. The minimum atomic E-state index is 0.297. The molecule has 0 aliphatic heterocycles. The van der Waals surface area contributed by atoms with E-state index in [-0.39, 0.29) is 0 Å². The lowest BCUT2D eigenvalue weighted by molar-refractivity contribution is 0.0936. The number of hydrogen-bond acceptors (Lipinski definition) is 2. The van der Waals surface area contributed by atoms with Crippen LogP contribution < -0.4 is 0 Å². The third-order valence-electron chi connectivity index (χ3n) is 2.57. The average Bonchev–Trinajstić information content (AvgIpc) is 2.14. The normalized spacial score (nSPS) is 13.8. The van der Waals surface area contributed by atoms with Crippen molar-refractivity contribution in [2.24, 2.45) is 17.8 Å². The van der Waals surface area contributed by atoms with Crippen molar-refractivity contribution in [1.82, 2.24) is 0 Å². The van der Waals surface area contributed by atoms with Gasteiger partial charge in [0.1, 0.15) is 0 Å². The summed E-state index contributed by atoms with van der Waals surface area (Å²) in [5.41, 5.74) is 0. The molecule has 0 radical (unpaired) electrons. The van der Waals surface area contributed by atoms with Crippen LogP contribution >= 0.6 is 0 Å². The van der Waals surface area contributed by atoms with E-state index in [4.69, 9.17) is 9.84 Å². The van der Waals surface area contributed by atoms with E-state index in [1.165, 1.54) is 0 Å². The molecule has 0 aromatic rings. The van der Waals surface area contributed by atoms with E-state index in [1.807, 2.05) is 0 Å². The lowest BCUT2D eigenvalue weighted by atomic mass is 9.95. The van der Waals surface area contributed by atoms with Gasteiger partial charge in [-0.15, -0.1) is 0 Å². The molecule has 15 heavy (non-hydrogen) atoms. The zero-order valence-corrected chi connectivity index (χ0v) is 10.8. The van der Waals surface area contributed by atoms with Crippen LogP contribution in [0.1, 0.15) is 47.0 Å². The van der Waals surface area contributed by atoms with Crippen molar-refractivity contribution >= 4 is 0 Å². The zero-order chi connectivity index (χ0) is 11.7. The molecule has 0 saturated carbocycles. The highest BCUT2D eigenvalue weighted by molar-refractivity contribution is 4.60. The maximum absolute atomic E-state index is 9.16. The van der Waals surface area contributed by atoms with Gasteiger partial charge in [0.25, 0.3) is 0 Å². The van der Waals surface area contributed by atoms with Gasteiger partial charge in [0.05, 0.1) is 0 Å². The van der Waals surface area contributed by atoms with Gasteiger partial charge < -0.3 is 9.84 Å². The van der Waals surface area contributed by atoms with Gasteiger partial charge in [-0.05, 0) is 37.0 Å². The summed E-state index contributed by atoms with van der Waals surface area (Å²) in [6.07, 6.45) is 3.23. The maximum atomic E-state index is 9.16. The minimum Gasteiger partial charge on any atom is -0.396 e. The van der Waals surface area contributed by atoms with E-state index in [1.54, 1.807) is 0 Å². The molecule has 0 aromatic heterocycles. The fraction of sp³-hybridized carbons (Fsp3) is 1.00. The molecule has 0 spiro atoms. The van der Waals surface area contributed by atoms with Crippen LogP contribution in [0.25, 0.3) is 0 Å². The Bertz CT molecular complexity index is 132. The first-order valence-corrected chi connectivity index (χ1v) is 6.24. The summed E-state index contributed by atoms with van der Waals surface area (Å²) in [6, 6.07) is 0. The Morgan fingerprint density at radius 1 is 0.933 bits per heavy atom. The predicted octanol–water partition coefficient (Wildman–Crippen LogP) is 3.09. The van der Waals surface area contributed by atoms with E-state index in [0.717, 1.165) is 32.5 Å². The Labute approximate surface area is 95.0 Å². The Morgan fingerprint density at radius 3 is 2.00 bits per heavy atom. The van der Waals surface area contributed by atoms with Gasteiger partial charge >= 0.3 is 0 Å². The molecule has 0 saturated heterocycles. The highest BCUT2D eigenvalue weighted by Crippen LogP contribution is 2.14. The molecule has 0 fully saturated rings. The zero-order valence-electron chi connectivity index (χ0n) is 10.8. The van der Waals surface area contributed by atoms with Crippen molar-refractivity contribution < 1.29 is 9.84 Å². The molecule has 1 atom stereocenters. The van der Waals surface area contributed by atoms with Crippen LogP contribution in [0.5, 0.6) is 0 Å². The second-order valence-corrected chi connectivity index (χ2v) is 5.26. The Hall–Kier alpha value is -0.0800. The van der Waals surface area contributed by atoms with Crippen molar-refractivity contribution in [1.29, 1.82) is 0 Å². The molecule has 0 rings (SSSR count). The van der Waals surface area contributed by atoms with E-state index < -0.39 is 0 Å². The van der Waals surface area contributed by atoms with Gasteiger partial charge in [0.2, 0.25) is 0 Å². The van der Waals surface area contributed by atoms with Crippen molar-refractivity contribution in [2.45, 2.75) is 47.0 Å². The molecule has 0 aliphatic carbocycles. The Balaban J connectivity index is 3.38. The second-order valence-electron chi connectivity index (χ2n) is 5.26. The molecule has 2 nitrogen and oxygen atoms in total. The van der Waals surface area contributed by atoms with Crippen LogP contribution in [0.4, 0.5) is 0 Å². The lowest BCUT2D eigenvalue weighted by Crippen LogP contribution is -2.13. The van der Waals surface area contributed by atoms with E-state index in [0.29, 0.717) is 24.4 Å². The summed E-state index contributed by atoms with van der Waals surface area (Å²) in [5.74, 6) is 1.80. The van der Waals surface area contributed by atoms with Crippen LogP contribution in [0.3, 0.4) is 0 Å². The first-order valence-electron chi connectivity index (χ1n) is 6.24. The Kier molecular flexibility index (Phi) is 9.12. The first kappa shape index (κ1) is 14.9. The average molecular weight is 216 g/mol. The fourth-order valence-electron chi connectivity index (χ4n) is 1.62. The highest BCUT2D eigenvalue weighted by atomic mass is 16.5.